The van der Waals surface area contributed by atoms with Gasteiger partial charge in [0.2, 0.25) is 0 Å². The van der Waals surface area contributed by atoms with Crippen molar-refractivity contribution < 1.29 is 34.2 Å². The molecule has 8 nitrogen and oxygen atoms in total. The maximum absolute atomic E-state index is 14.0. The molecule has 40 heavy (non-hydrogen) atoms. The predicted molar refractivity (Wildman–Crippen MR) is 197 cm³/mol. The summed E-state index contributed by atoms with van der Waals surface area (Å²) in [6.07, 6.45) is 0. The first kappa shape index (κ1) is 57.0. The Morgan fingerprint density at radius 3 is 1.07 bits per heavy atom. The van der Waals surface area contributed by atoms with Gasteiger partial charge in [0.15, 0.2) is 25.0 Å². The van der Waals surface area contributed by atoms with Gasteiger partial charge in [-0.1, -0.05) is 44.6 Å². The molecule has 15 heteroatoms. The number of hydrogen-bond donors (Lipinski definition) is 0. The van der Waals surface area contributed by atoms with Crippen LogP contribution in [0.5, 0.6) is 0 Å². The van der Waals surface area contributed by atoms with Crippen molar-refractivity contribution in [3.8, 4) is 0 Å². The van der Waals surface area contributed by atoms with E-state index in [9.17, 15) is 4.57 Å². The van der Waals surface area contributed by atoms with Crippen LogP contribution < -0.4 is 0 Å². The third kappa shape index (κ3) is 21.9. The zero-order valence-corrected chi connectivity index (χ0v) is 31.6. The zero-order valence-electron chi connectivity index (χ0n) is 24.7. The minimum Gasteiger partial charge on any atom is -0.437 e. The van der Waals surface area contributed by atoms with Crippen LogP contribution in [0.1, 0.15) is 65.3 Å². The van der Waals surface area contributed by atoms with Crippen molar-refractivity contribution in [3.05, 3.63) is 0 Å². The largest absolute Gasteiger partial charge is 0.467 e. The highest BCUT2D eigenvalue weighted by atomic mass is 31.2. The summed E-state index contributed by atoms with van der Waals surface area (Å²) in [6.45, 7) is 33.1. The summed E-state index contributed by atoms with van der Waals surface area (Å²) in [5, 5.41) is -0.612. The van der Waals surface area contributed by atoms with Crippen LogP contribution in [-0.2, 0) is 34.2 Å². The Hall–Kier alpha value is 1.25. The molecule has 0 heterocycles. The molecule has 0 aromatic rings. The van der Waals surface area contributed by atoms with E-state index < -0.39 is 63.8 Å². The van der Waals surface area contributed by atoms with Gasteiger partial charge in [-0.05, 0) is 99.3 Å². The van der Waals surface area contributed by atoms with E-state index in [-0.39, 0.29) is 57.8 Å². The molecule has 0 rings (SSSR count). The fourth-order valence-electron chi connectivity index (χ4n) is 3.89. The molecule has 0 amide bonds. The average molecular weight is 705 g/mol. The Bertz CT molecular complexity index is 670. The Balaban J connectivity index is -0.000000363. The van der Waals surface area contributed by atoms with E-state index in [4.69, 9.17) is 29.6 Å². The molecule has 254 valence electrons. The molecule has 0 bridgehead atoms. The fraction of sp³-hybridized carbons (Fsp3) is 1.00. The van der Waals surface area contributed by atoms with Gasteiger partial charge >= 0.3 is 33.5 Å². The number of rotatable bonds is 16. The molecule has 2 unspecified atom stereocenters. The van der Waals surface area contributed by atoms with Crippen molar-refractivity contribution in [1.29, 1.82) is 0 Å². The lowest BCUT2D eigenvalue weighted by atomic mass is 10.9. The molecular formula is C25H77O8PSi6. The van der Waals surface area contributed by atoms with Crippen molar-refractivity contribution in [2.75, 3.05) is 13.2 Å². The molecule has 0 aromatic carbocycles. The molecule has 0 aliphatic carbocycles. The van der Waals surface area contributed by atoms with Crippen LogP contribution in [0.4, 0.5) is 0 Å². The normalized spacial score (nSPS) is 14.9. The standard InChI is InChI=1S/C19H53O8PSi6.6CH4/c1-17-21-28(20,22-18-2)19(3)33(15,26-32(13,14)23-29(4,5)6)27-34(16,24-30(7,8)9)25-31(10,11)12;;;;;;/h19H,17-18H2,1-16H3;6*1H4. The SMILES string of the molecule is C.C.C.C.C.C.CCOP(=O)(OCC)C(C)[Si](C)(O[Si](C)(C)O[Si](C)(C)C)O[Si](C)(O[Si](C)(C)C)O[Si](C)(C)C. The lowest BCUT2D eigenvalue weighted by Crippen LogP contribution is -2.66. The van der Waals surface area contributed by atoms with Gasteiger partial charge in [-0.15, -0.1) is 0 Å². The van der Waals surface area contributed by atoms with E-state index >= 15 is 0 Å². The summed E-state index contributed by atoms with van der Waals surface area (Å²) in [5.74, 6) is 0. The molecule has 2 atom stereocenters. The summed E-state index contributed by atoms with van der Waals surface area (Å²) in [7, 11) is -18.7. The van der Waals surface area contributed by atoms with E-state index in [1.165, 1.54) is 0 Å². The Kier molecular flexibility index (Phi) is 28.9. The summed E-state index contributed by atoms with van der Waals surface area (Å²) in [4.78, 5) is 0. The molecule has 0 radical (unpaired) electrons. The molecule has 0 aliphatic heterocycles. The third-order valence-corrected chi connectivity index (χ3v) is 29.3. The van der Waals surface area contributed by atoms with Crippen molar-refractivity contribution in [2.24, 2.45) is 0 Å². The van der Waals surface area contributed by atoms with Gasteiger partial charge in [0.05, 0.1) is 13.2 Å². The molecule has 0 aliphatic rings. The Morgan fingerprint density at radius 2 is 0.825 bits per heavy atom. The van der Waals surface area contributed by atoms with Gasteiger partial charge in [0.1, 0.15) is 5.28 Å². The fourth-order valence-corrected chi connectivity index (χ4v) is 34.5. The summed E-state index contributed by atoms with van der Waals surface area (Å²) in [5.41, 5.74) is 0. The van der Waals surface area contributed by atoms with Crippen molar-refractivity contribution in [3.63, 3.8) is 0 Å². The van der Waals surface area contributed by atoms with Crippen LogP contribution in [0.25, 0.3) is 0 Å². The highest BCUT2D eigenvalue weighted by molar-refractivity contribution is 7.57. The molecule has 0 N–H and O–H groups in total. The van der Waals surface area contributed by atoms with E-state index in [0.717, 1.165) is 0 Å². The highest BCUT2D eigenvalue weighted by Gasteiger charge is 2.59. The quantitative estimate of drug-likeness (QED) is 0.116. The topological polar surface area (TPSA) is 81.7 Å². The van der Waals surface area contributed by atoms with Crippen LogP contribution in [-0.4, -0.2) is 69.4 Å². The van der Waals surface area contributed by atoms with Gasteiger partial charge in [-0.25, -0.2) is 0 Å². The minimum atomic E-state index is -3.53. The Labute approximate surface area is 260 Å². The van der Waals surface area contributed by atoms with Crippen LogP contribution in [0.15, 0.2) is 0 Å². The smallest absolute Gasteiger partial charge is 0.437 e. The first-order valence-corrected chi connectivity index (χ1v) is 31.5. The van der Waals surface area contributed by atoms with Gasteiger partial charge in [0.25, 0.3) is 0 Å². The summed E-state index contributed by atoms with van der Waals surface area (Å²) in [6, 6.07) is 0. The van der Waals surface area contributed by atoms with Crippen LogP contribution in [0.3, 0.4) is 0 Å². The van der Waals surface area contributed by atoms with Gasteiger partial charge in [-0.3, -0.25) is 4.57 Å². The van der Waals surface area contributed by atoms with E-state index in [1.54, 1.807) is 0 Å². The number of hydrogen-bond acceptors (Lipinski definition) is 8. The maximum atomic E-state index is 14.0. The molecule has 0 saturated carbocycles. The monoisotopic (exact) mass is 704 g/mol. The van der Waals surface area contributed by atoms with Gasteiger partial charge in [0, 0.05) is 6.55 Å². The lowest BCUT2D eigenvalue weighted by molar-refractivity contribution is 0.201. The molecule has 0 aromatic heterocycles. The minimum absolute atomic E-state index is 0. The van der Waals surface area contributed by atoms with Crippen LogP contribution in [0.2, 0.25) is 85.1 Å². The second-order valence-electron chi connectivity index (χ2n) is 12.2. The summed E-state index contributed by atoms with van der Waals surface area (Å²) < 4.78 is 59.0. The first-order valence-electron chi connectivity index (χ1n) is 12.2. The first-order chi connectivity index (χ1) is 14.8. The maximum Gasteiger partial charge on any atom is 0.467 e. The third-order valence-electron chi connectivity index (χ3n) is 4.22. The van der Waals surface area contributed by atoms with Gasteiger partial charge in [-0.2, -0.15) is 0 Å². The van der Waals surface area contributed by atoms with E-state index in [2.05, 4.69) is 58.9 Å². The molecular weight excluding hydrogens is 628 g/mol. The van der Waals surface area contributed by atoms with Crippen molar-refractivity contribution >= 4 is 58.5 Å². The lowest BCUT2D eigenvalue weighted by Gasteiger charge is -2.47. The van der Waals surface area contributed by atoms with Gasteiger partial charge < -0.3 is 29.6 Å². The molecule has 0 fully saturated rings. The van der Waals surface area contributed by atoms with Crippen LogP contribution in [0, 0.1) is 0 Å². The predicted octanol–water partition coefficient (Wildman–Crippen LogP) is 10.9. The highest BCUT2D eigenvalue weighted by Crippen LogP contribution is 2.56. The van der Waals surface area contributed by atoms with E-state index in [0.29, 0.717) is 0 Å². The summed E-state index contributed by atoms with van der Waals surface area (Å²) >= 11 is 0. The molecule has 0 saturated heterocycles. The van der Waals surface area contributed by atoms with Crippen molar-refractivity contribution in [2.45, 2.75) is 156 Å². The van der Waals surface area contributed by atoms with Crippen LogP contribution >= 0.6 is 7.60 Å². The second kappa shape index (κ2) is 20.3. The molecule has 0 spiro atoms. The average Bonchev–Trinajstić information content (AvgIpc) is 2.46. The van der Waals surface area contributed by atoms with E-state index in [1.807, 2.05) is 47.0 Å². The zero-order chi connectivity index (χ0) is 27.4. The second-order valence-corrected chi connectivity index (χ2v) is 39.2. The van der Waals surface area contributed by atoms with Crippen molar-refractivity contribution in [1.82, 2.24) is 0 Å². The Morgan fingerprint density at radius 1 is 0.525 bits per heavy atom.